The van der Waals surface area contributed by atoms with Crippen LogP contribution < -0.4 is 10.3 Å². The Bertz CT molecular complexity index is 582. The number of hydrogen-bond acceptors (Lipinski definition) is 3. The molecule has 0 saturated heterocycles. The minimum absolute atomic E-state index is 0.0415. The molecule has 110 valence electrons. The lowest BCUT2D eigenvalue weighted by Crippen LogP contribution is -2.36. The number of carbonyl (C=O) groups excluding carboxylic acids is 1. The summed E-state index contributed by atoms with van der Waals surface area (Å²) in [6, 6.07) is 0. The van der Waals surface area contributed by atoms with E-state index in [1.54, 1.807) is 6.20 Å². The molecule has 0 unspecified atom stereocenters. The first-order valence-electron chi connectivity index (χ1n) is 6.95. The summed E-state index contributed by atoms with van der Waals surface area (Å²) in [4.78, 5) is 29.1. The number of H-pyrrole nitrogens is 1. The lowest BCUT2D eigenvalue weighted by atomic mass is 10.0. The normalized spacial score (nSPS) is 14.6. The number of aromatic amines is 1. The molecule has 0 radical (unpaired) electrons. The number of pyridine rings is 1. The summed E-state index contributed by atoms with van der Waals surface area (Å²) < 4.78 is 5.36. The Kier molecular flexibility index (Phi) is 3.63. The van der Waals surface area contributed by atoms with Gasteiger partial charge in [-0.1, -0.05) is 13.8 Å². The van der Waals surface area contributed by atoms with Crippen LogP contribution in [-0.4, -0.2) is 23.2 Å². The van der Waals surface area contributed by atoms with Crippen molar-refractivity contribution in [3.05, 3.63) is 27.5 Å². The van der Waals surface area contributed by atoms with Crippen LogP contribution in [0, 0.1) is 0 Å². The number of nitrogens with one attached hydrogen (secondary N) is 1. The quantitative estimate of drug-likeness (QED) is 0.859. The SMILES string of the molecule is CC(C)c1c[nH]c2c(c1=O)CCN2C(=O)OC(C)(C)C. The lowest BCUT2D eigenvalue weighted by molar-refractivity contribution is 0.0583. The predicted molar refractivity (Wildman–Crippen MR) is 78.4 cm³/mol. The monoisotopic (exact) mass is 278 g/mol. The van der Waals surface area contributed by atoms with Gasteiger partial charge in [0.2, 0.25) is 0 Å². The second-order valence-electron chi connectivity index (χ2n) is 6.44. The fraction of sp³-hybridized carbons (Fsp3) is 0.600. The third-order valence-electron chi connectivity index (χ3n) is 3.28. The Morgan fingerprint density at radius 3 is 2.60 bits per heavy atom. The number of aromatic nitrogens is 1. The highest BCUT2D eigenvalue weighted by atomic mass is 16.6. The average Bonchev–Trinajstić information content (AvgIpc) is 2.71. The van der Waals surface area contributed by atoms with Gasteiger partial charge in [0.05, 0.1) is 0 Å². The van der Waals surface area contributed by atoms with Gasteiger partial charge in [-0.05, 0) is 33.1 Å². The summed E-state index contributed by atoms with van der Waals surface area (Å²) in [5, 5.41) is 0. The number of rotatable bonds is 1. The van der Waals surface area contributed by atoms with Crippen LogP contribution in [0.5, 0.6) is 0 Å². The first kappa shape index (κ1) is 14.6. The molecule has 0 atom stereocenters. The maximum absolute atomic E-state index is 12.4. The molecule has 1 aromatic heterocycles. The van der Waals surface area contributed by atoms with Crippen LogP contribution >= 0.6 is 0 Å². The topological polar surface area (TPSA) is 62.4 Å². The minimum Gasteiger partial charge on any atom is -0.443 e. The lowest BCUT2D eigenvalue weighted by Gasteiger charge is -2.24. The van der Waals surface area contributed by atoms with Crippen LogP contribution in [-0.2, 0) is 11.2 Å². The van der Waals surface area contributed by atoms with Gasteiger partial charge in [0, 0.05) is 23.9 Å². The molecule has 2 rings (SSSR count). The van der Waals surface area contributed by atoms with Crippen molar-refractivity contribution in [2.45, 2.75) is 52.6 Å². The maximum atomic E-state index is 12.4. The van der Waals surface area contributed by atoms with Crippen molar-refractivity contribution in [3.8, 4) is 0 Å². The second-order valence-corrected chi connectivity index (χ2v) is 6.44. The molecule has 1 aromatic rings. The molecule has 1 N–H and O–H groups in total. The number of ether oxygens (including phenoxy) is 1. The first-order chi connectivity index (χ1) is 9.20. The zero-order chi connectivity index (χ0) is 15.1. The molecule has 0 saturated carbocycles. The molecule has 1 aliphatic heterocycles. The highest BCUT2D eigenvalue weighted by molar-refractivity contribution is 5.89. The number of amides is 1. The summed E-state index contributed by atoms with van der Waals surface area (Å²) in [5.41, 5.74) is 0.939. The molecule has 0 aliphatic carbocycles. The molecule has 0 aromatic carbocycles. The number of carbonyl (C=O) groups is 1. The van der Waals surface area contributed by atoms with E-state index >= 15 is 0 Å². The fourth-order valence-electron chi connectivity index (χ4n) is 2.32. The standard InChI is InChI=1S/C15H22N2O3/c1-9(2)11-8-16-13-10(12(11)18)6-7-17(13)14(19)20-15(3,4)5/h8-9H,6-7H2,1-5H3,(H,16,18). The van der Waals surface area contributed by atoms with E-state index in [2.05, 4.69) is 4.98 Å². The molecule has 2 heterocycles. The molecule has 5 heteroatoms. The first-order valence-corrected chi connectivity index (χ1v) is 6.95. The summed E-state index contributed by atoms with van der Waals surface area (Å²) in [7, 11) is 0. The Morgan fingerprint density at radius 1 is 1.40 bits per heavy atom. The van der Waals surface area contributed by atoms with Gasteiger partial charge in [-0.3, -0.25) is 9.69 Å². The van der Waals surface area contributed by atoms with Crippen molar-refractivity contribution in [2.75, 3.05) is 11.4 Å². The van der Waals surface area contributed by atoms with Gasteiger partial charge in [0.25, 0.3) is 0 Å². The summed E-state index contributed by atoms with van der Waals surface area (Å²) in [5.74, 6) is 0.744. The molecule has 1 aliphatic rings. The molecular weight excluding hydrogens is 256 g/mol. The number of hydrogen-bond donors (Lipinski definition) is 1. The van der Waals surface area contributed by atoms with E-state index in [4.69, 9.17) is 4.74 Å². The predicted octanol–water partition coefficient (Wildman–Crippen LogP) is 2.80. The van der Waals surface area contributed by atoms with Gasteiger partial charge in [0.1, 0.15) is 11.4 Å². The van der Waals surface area contributed by atoms with Crippen LogP contribution in [0.25, 0.3) is 0 Å². The zero-order valence-corrected chi connectivity index (χ0v) is 12.7. The number of fused-ring (bicyclic) bond motifs is 1. The smallest absolute Gasteiger partial charge is 0.415 e. The van der Waals surface area contributed by atoms with Gasteiger partial charge >= 0.3 is 6.09 Å². The largest absolute Gasteiger partial charge is 0.443 e. The third kappa shape index (κ3) is 2.71. The summed E-state index contributed by atoms with van der Waals surface area (Å²) in [6.07, 6.45) is 1.86. The zero-order valence-electron chi connectivity index (χ0n) is 12.7. The minimum atomic E-state index is -0.544. The Hall–Kier alpha value is -1.78. The molecule has 5 nitrogen and oxygen atoms in total. The molecule has 20 heavy (non-hydrogen) atoms. The van der Waals surface area contributed by atoms with E-state index in [9.17, 15) is 9.59 Å². The molecular formula is C15H22N2O3. The van der Waals surface area contributed by atoms with Crippen molar-refractivity contribution in [1.82, 2.24) is 4.98 Å². The van der Waals surface area contributed by atoms with Crippen LogP contribution in [0.3, 0.4) is 0 Å². The van der Waals surface area contributed by atoms with Gasteiger partial charge in [-0.25, -0.2) is 4.79 Å². The number of nitrogens with zero attached hydrogens (tertiary/aromatic N) is 1. The van der Waals surface area contributed by atoms with Crippen LogP contribution in [0.4, 0.5) is 10.6 Å². The van der Waals surface area contributed by atoms with Crippen molar-refractivity contribution < 1.29 is 9.53 Å². The Morgan fingerprint density at radius 2 is 2.05 bits per heavy atom. The average molecular weight is 278 g/mol. The van der Waals surface area contributed by atoms with Gasteiger partial charge in [-0.2, -0.15) is 0 Å². The summed E-state index contributed by atoms with van der Waals surface area (Å²) >= 11 is 0. The van der Waals surface area contributed by atoms with E-state index in [1.807, 2.05) is 34.6 Å². The van der Waals surface area contributed by atoms with Crippen molar-refractivity contribution in [2.24, 2.45) is 0 Å². The van der Waals surface area contributed by atoms with Crippen LogP contribution in [0.15, 0.2) is 11.0 Å². The molecule has 0 fully saturated rings. The van der Waals surface area contributed by atoms with E-state index in [0.717, 1.165) is 5.56 Å². The number of anilines is 1. The van der Waals surface area contributed by atoms with Crippen molar-refractivity contribution >= 4 is 11.9 Å². The summed E-state index contributed by atoms with van der Waals surface area (Å²) in [6.45, 7) is 9.93. The molecule has 0 spiro atoms. The highest BCUT2D eigenvalue weighted by Gasteiger charge is 2.31. The third-order valence-corrected chi connectivity index (χ3v) is 3.28. The van der Waals surface area contributed by atoms with Gasteiger partial charge in [-0.15, -0.1) is 0 Å². The fourth-order valence-corrected chi connectivity index (χ4v) is 2.32. The molecule has 0 bridgehead atoms. The molecule has 1 amide bonds. The Labute approximate surface area is 118 Å². The van der Waals surface area contributed by atoms with Crippen molar-refractivity contribution in [3.63, 3.8) is 0 Å². The van der Waals surface area contributed by atoms with Gasteiger partial charge in [0.15, 0.2) is 5.43 Å². The van der Waals surface area contributed by atoms with Crippen molar-refractivity contribution in [1.29, 1.82) is 0 Å². The maximum Gasteiger partial charge on any atom is 0.415 e. The second kappa shape index (κ2) is 4.96. The van der Waals surface area contributed by atoms with Crippen LogP contribution in [0.1, 0.15) is 51.7 Å². The van der Waals surface area contributed by atoms with E-state index in [1.165, 1.54) is 4.90 Å². The highest BCUT2D eigenvalue weighted by Crippen LogP contribution is 2.26. The van der Waals surface area contributed by atoms with E-state index < -0.39 is 11.7 Å². The van der Waals surface area contributed by atoms with E-state index in [-0.39, 0.29) is 11.3 Å². The van der Waals surface area contributed by atoms with E-state index in [0.29, 0.717) is 24.3 Å². The van der Waals surface area contributed by atoms with Gasteiger partial charge < -0.3 is 9.72 Å². The Balaban J connectivity index is 2.33. The van der Waals surface area contributed by atoms with Crippen LogP contribution in [0.2, 0.25) is 0 Å².